The maximum absolute atomic E-state index is 9.95. The van der Waals surface area contributed by atoms with Crippen LogP contribution in [0.5, 0.6) is 0 Å². The van der Waals surface area contributed by atoms with E-state index in [0.717, 1.165) is 18.9 Å². The van der Waals surface area contributed by atoms with Crippen molar-refractivity contribution in [2.45, 2.75) is 64.8 Å². The standard InChI is InChI=1S/C15H29NO/c1-14(2,3)13-6-4-5-9-15(13,11-17)16-10-12-7-8-12/h12-13,16-17H,4-11H2,1-3H3. The Morgan fingerprint density at radius 1 is 1.18 bits per heavy atom. The molecule has 2 aliphatic carbocycles. The molecule has 2 heteroatoms. The van der Waals surface area contributed by atoms with Gasteiger partial charge in [0.1, 0.15) is 0 Å². The minimum Gasteiger partial charge on any atom is -0.394 e. The van der Waals surface area contributed by atoms with E-state index in [2.05, 4.69) is 26.1 Å². The molecule has 100 valence electrons. The summed E-state index contributed by atoms with van der Waals surface area (Å²) in [7, 11) is 0. The summed E-state index contributed by atoms with van der Waals surface area (Å²) in [6.45, 7) is 8.40. The average Bonchev–Trinajstić information content (AvgIpc) is 3.09. The van der Waals surface area contributed by atoms with E-state index in [1.54, 1.807) is 0 Å². The summed E-state index contributed by atoms with van der Waals surface area (Å²) in [4.78, 5) is 0. The van der Waals surface area contributed by atoms with Gasteiger partial charge in [0.25, 0.3) is 0 Å². The molecule has 0 spiro atoms. The first-order valence-electron chi connectivity index (χ1n) is 7.34. The number of aliphatic hydroxyl groups excluding tert-OH is 1. The quantitative estimate of drug-likeness (QED) is 0.790. The summed E-state index contributed by atoms with van der Waals surface area (Å²) in [5.74, 6) is 1.49. The summed E-state index contributed by atoms with van der Waals surface area (Å²) in [6.07, 6.45) is 7.78. The zero-order valence-electron chi connectivity index (χ0n) is 11.8. The minimum absolute atomic E-state index is 0.000903. The van der Waals surface area contributed by atoms with Crippen molar-refractivity contribution < 1.29 is 5.11 Å². The van der Waals surface area contributed by atoms with Crippen LogP contribution in [-0.4, -0.2) is 23.8 Å². The second-order valence-electron chi connectivity index (χ2n) is 7.30. The molecule has 0 bridgehead atoms. The molecule has 2 rings (SSSR count). The van der Waals surface area contributed by atoms with Gasteiger partial charge in [0.15, 0.2) is 0 Å². The molecule has 0 saturated heterocycles. The van der Waals surface area contributed by atoms with Gasteiger partial charge in [-0.15, -0.1) is 0 Å². The lowest BCUT2D eigenvalue weighted by atomic mass is 9.62. The Morgan fingerprint density at radius 2 is 1.88 bits per heavy atom. The zero-order chi connectivity index (χ0) is 12.5. The van der Waals surface area contributed by atoms with Gasteiger partial charge in [-0.25, -0.2) is 0 Å². The summed E-state index contributed by atoms with van der Waals surface area (Å²) < 4.78 is 0. The van der Waals surface area contributed by atoms with Gasteiger partial charge in [-0.3, -0.25) is 0 Å². The normalized spacial score (nSPS) is 34.9. The first-order valence-corrected chi connectivity index (χ1v) is 7.34. The number of rotatable bonds is 4. The molecule has 17 heavy (non-hydrogen) atoms. The van der Waals surface area contributed by atoms with Crippen molar-refractivity contribution >= 4 is 0 Å². The summed E-state index contributed by atoms with van der Waals surface area (Å²) >= 11 is 0. The number of hydrogen-bond donors (Lipinski definition) is 2. The molecule has 0 aromatic rings. The van der Waals surface area contributed by atoms with E-state index in [1.807, 2.05) is 0 Å². The van der Waals surface area contributed by atoms with Crippen molar-refractivity contribution in [3.63, 3.8) is 0 Å². The van der Waals surface area contributed by atoms with Gasteiger partial charge in [-0.1, -0.05) is 33.6 Å². The van der Waals surface area contributed by atoms with E-state index in [0.29, 0.717) is 17.9 Å². The van der Waals surface area contributed by atoms with Crippen LogP contribution in [0.2, 0.25) is 0 Å². The lowest BCUT2D eigenvalue weighted by Crippen LogP contribution is -2.59. The third kappa shape index (κ3) is 3.03. The Labute approximate surface area is 106 Å². The maximum atomic E-state index is 9.95. The Bertz CT molecular complexity index is 254. The van der Waals surface area contributed by atoms with Crippen molar-refractivity contribution in [1.82, 2.24) is 5.32 Å². The van der Waals surface area contributed by atoms with Gasteiger partial charge in [-0.2, -0.15) is 0 Å². The van der Waals surface area contributed by atoms with Crippen molar-refractivity contribution in [1.29, 1.82) is 0 Å². The first-order chi connectivity index (χ1) is 7.98. The SMILES string of the molecule is CC(C)(C)C1CCCCC1(CO)NCC1CC1. The Morgan fingerprint density at radius 3 is 2.41 bits per heavy atom. The Kier molecular flexibility index (Phi) is 3.84. The van der Waals surface area contributed by atoms with E-state index < -0.39 is 0 Å². The minimum atomic E-state index is -0.000903. The third-order valence-electron chi connectivity index (χ3n) is 4.80. The molecule has 0 radical (unpaired) electrons. The van der Waals surface area contributed by atoms with Gasteiger partial charge in [0, 0.05) is 5.54 Å². The van der Waals surface area contributed by atoms with E-state index in [9.17, 15) is 5.11 Å². The molecular weight excluding hydrogens is 210 g/mol. The van der Waals surface area contributed by atoms with Crippen molar-refractivity contribution in [2.24, 2.45) is 17.3 Å². The van der Waals surface area contributed by atoms with Gasteiger partial charge in [-0.05, 0) is 49.5 Å². The third-order valence-corrected chi connectivity index (χ3v) is 4.80. The predicted molar refractivity (Wildman–Crippen MR) is 72.0 cm³/mol. The highest BCUT2D eigenvalue weighted by Gasteiger charge is 2.45. The molecule has 0 aromatic heterocycles. The molecule has 2 saturated carbocycles. The fourth-order valence-corrected chi connectivity index (χ4v) is 3.63. The molecule has 2 aliphatic rings. The lowest BCUT2D eigenvalue weighted by Gasteiger charge is -2.50. The van der Waals surface area contributed by atoms with Crippen LogP contribution in [0.1, 0.15) is 59.3 Å². The number of aliphatic hydroxyl groups is 1. The molecular formula is C15H29NO. The topological polar surface area (TPSA) is 32.3 Å². The Balaban J connectivity index is 2.07. The van der Waals surface area contributed by atoms with Crippen LogP contribution < -0.4 is 5.32 Å². The molecule has 2 unspecified atom stereocenters. The van der Waals surface area contributed by atoms with Gasteiger partial charge >= 0.3 is 0 Å². The monoisotopic (exact) mass is 239 g/mol. The van der Waals surface area contributed by atoms with Gasteiger partial charge in [0.2, 0.25) is 0 Å². The second kappa shape index (κ2) is 4.89. The Hall–Kier alpha value is -0.0800. The molecule has 0 aromatic carbocycles. The highest BCUT2D eigenvalue weighted by atomic mass is 16.3. The number of nitrogens with one attached hydrogen (secondary N) is 1. The smallest absolute Gasteiger partial charge is 0.0616 e. The molecule has 0 aliphatic heterocycles. The maximum Gasteiger partial charge on any atom is 0.0616 e. The van der Waals surface area contributed by atoms with E-state index in [-0.39, 0.29) is 5.54 Å². The second-order valence-corrected chi connectivity index (χ2v) is 7.30. The fraction of sp³-hybridized carbons (Fsp3) is 1.00. The van der Waals surface area contributed by atoms with Crippen molar-refractivity contribution in [3.8, 4) is 0 Å². The zero-order valence-corrected chi connectivity index (χ0v) is 11.8. The molecule has 2 nitrogen and oxygen atoms in total. The largest absolute Gasteiger partial charge is 0.394 e. The summed E-state index contributed by atoms with van der Waals surface area (Å²) in [5, 5.41) is 13.7. The molecule has 2 atom stereocenters. The highest BCUT2D eigenvalue weighted by molar-refractivity contribution is 5.01. The average molecular weight is 239 g/mol. The molecule has 0 amide bonds. The number of hydrogen-bond acceptors (Lipinski definition) is 2. The predicted octanol–water partition coefficient (Wildman–Crippen LogP) is 2.95. The van der Waals surface area contributed by atoms with Crippen LogP contribution >= 0.6 is 0 Å². The summed E-state index contributed by atoms with van der Waals surface area (Å²) in [5.41, 5.74) is 0.290. The van der Waals surface area contributed by atoms with Crippen molar-refractivity contribution in [3.05, 3.63) is 0 Å². The highest BCUT2D eigenvalue weighted by Crippen LogP contribution is 2.44. The van der Waals surface area contributed by atoms with Crippen molar-refractivity contribution in [2.75, 3.05) is 13.2 Å². The van der Waals surface area contributed by atoms with E-state index >= 15 is 0 Å². The molecule has 2 N–H and O–H groups in total. The van der Waals surface area contributed by atoms with Crippen LogP contribution in [0.4, 0.5) is 0 Å². The van der Waals surface area contributed by atoms with Crippen LogP contribution in [0.15, 0.2) is 0 Å². The van der Waals surface area contributed by atoms with Gasteiger partial charge in [0.05, 0.1) is 6.61 Å². The first kappa shape index (κ1) is 13.4. The fourth-order valence-electron chi connectivity index (χ4n) is 3.63. The van der Waals surface area contributed by atoms with E-state index in [4.69, 9.17) is 0 Å². The van der Waals surface area contributed by atoms with Crippen LogP contribution in [0, 0.1) is 17.3 Å². The van der Waals surface area contributed by atoms with Gasteiger partial charge < -0.3 is 10.4 Å². The van der Waals surface area contributed by atoms with Crippen LogP contribution in [0.3, 0.4) is 0 Å². The summed E-state index contributed by atoms with van der Waals surface area (Å²) in [6, 6.07) is 0. The lowest BCUT2D eigenvalue weighted by molar-refractivity contribution is 0.00721. The molecule has 0 heterocycles. The molecule has 2 fully saturated rings. The van der Waals surface area contributed by atoms with Crippen LogP contribution in [-0.2, 0) is 0 Å². The van der Waals surface area contributed by atoms with E-state index in [1.165, 1.54) is 32.1 Å². The van der Waals surface area contributed by atoms with Crippen LogP contribution in [0.25, 0.3) is 0 Å².